The van der Waals surface area contributed by atoms with Crippen LogP contribution >= 0.6 is 24.0 Å². The number of benzene rings is 1. The predicted octanol–water partition coefficient (Wildman–Crippen LogP) is 2.91. The number of aromatic nitrogens is 2. The monoisotopic (exact) mass is 292 g/mol. The molecule has 0 radical (unpaired) electrons. The van der Waals surface area contributed by atoms with Crippen molar-refractivity contribution in [2.75, 3.05) is 11.1 Å². The van der Waals surface area contributed by atoms with E-state index in [1.807, 2.05) is 37.5 Å². The quantitative estimate of drug-likeness (QED) is 0.655. The van der Waals surface area contributed by atoms with Crippen molar-refractivity contribution in [3.63, 3.8) is 0 Å². The van der Waals surface area contributed by atoms with Gasteiger partial charge in [0.2, 0.25) is 0 Å². The standard InChI is InChI=1S/C13H16N4S2/c1-3-19-10-6-4-5-9(12(10)13(14)18)15-11-7-8-17(2)16-11/h4-8H,3H2,1-2H3,(H2,14,18)(H,15,16). The van der Waals surface area contributed by atoms with Crippen molar-refractivity contribution in [3.05, 3.63) is 36.0 Å². The van der Waals surface area contributed by atoms with Gasteiger partial charge in [0, 0.05) is 29.8 Å². The van der Waals surface area contributed by atoms with E-state index in [1.165, 1.54) is 0 Å². The van der Waals surface area contributed by atoms with E-state index in [4.69, 9.17) is 18.0 Å². The number of thioether (sulfide) groups is 1. The van der Waals surface area contributed by atoms with Gasteiger partial charge in [0.25, 0.3) is 0 Å². The normalized spacial score (nSPS) is 10.4. The first-order valence-electron chi connectivity index (χ1n) is 5.94. The Morgan fingerprint density at radius 3 is 2.84 bits per heavy atom. The summed E-state index contributed by atoms with van der Waals surface area (Å²) in [5.74, 6) is 1.75. The van der Waals surface area contributed by atoms with Crippen LogP contribution < -0.4 is 11.1 Å². The maximum atomic E-state index is 5.86. The summed E-state index contributed by atoms with van der Waals surface area (Å²) in [5, 5.41) is 7.56. The highest BCUT2D eigenvalue weighted by Gasteiger charge is 2.12. The summed E-state index contributed by atoms with van der Waals surface area (Å²) in [7, 11) is 1.88. The lowest BCUT2D eigenvalue weighted by atomic mass is 10.1. The number of nitrogens with two attached hydrogens (primary N) is 1. The molecule has 1 heterocycles. The van der Waals surface area contributed by atoms with E-state index in [2.05, 4.69) is 17.3 Å². The number of rotatable bonds is 5. The average molecular weight is 292 g/mol. The highest BCUT2D eigenvalue weighted by molar-refractivity contribution is 7.99. The van der Waals surface area contributed by atoms with E-state index in [-0.39, 0.29) is 0 Å². The van der Waals surface area contributed by atoms with Crippen LogP contribution in [0.3, 0.4) is 0 Å². The molecule has 0 unspecified atom stereocenters. The van der Waals surface area contributed by atoms with E-state index in [9.17, 15) is 0 Å². The largest absolute Gasteiger partial charge is 0.389 e. The molecule has 0 bridgehead atoms. The van der Waals surface area contributed by atoms with E-state index < -0.39 is 0 Å². The van der Waals surface area contributed by atoms with E-state index in [1.54, 1.807) is 16.4 Å². The summed E-state index contributed by atoms with van der Waals surface area (Å²) >= 11 is 6.90. The lowest BCUT2D eigenvalue weighted by Gasteiger charge is -2.13. The van der Waals surface area contributed by atoms with Crippen molar-refractivity contribution in [2.45, 2.75) is 11.8 Å². The molecule has 0 amide bonds. The topological polar surface area (TPSA) is 55.9 Å². The number of anilines is 2. The van der Waals surface area contributed by atoms with Gasteiger partial charge in [-0.15, -0.1) is 11.8 Å². The van der Waals surface area contributed by atoms with Crippen LogP contribution in [0.15, 0.2) is 35.4 Å². The molecule has 0 aliphatic rings. The fraction of sp³-hybridized carbons (Fsp3) is 0.231. The zero-order chi connectivity index (χ0) is 13.8. The van der Waals surface area contributed by atoms with Gasteiger partial charge in [0.1, 0.15) is 4.99 Å². The average Bonchev–Trinajstić information content (AvgIpc) is 2.75. The third-order valence-corrected chi connectivity index (χ3v) is 3.69. The lowest BCUT2D eigenvalue weighted by Crippen LogP contribution is -2.13. The Hall–Kier alpha value is -1.53. The fourth-order valence-electron chi connectivity index (χ4n) is 1.78. The van der Waals surface area contributed by atoms with Gasteiger partial charge in [-0.05, 0) is 17.9 Å². The molecular formula is C13H16N4S2. The summed E-state index contributed by atoms with van der Waals surface area (Å²) in [6, 6.07) is 7.89. The van der Waals surface area contributed by atoms with Crippen molar-refractivity contribution in [1.29, 1.82) is 0 Å². The number of thiocarbonyl (C=S) groups is 1. The Morgan fingerprint density at radius 2 is 2.26 bits per heavy atom. The minimum atomic E-state index is 0.398. The van der Waals surface area contributed by atoms with Gasteiger partial charge in [0.15, 0.2) is 5.82 Å². The smallest absolute Gasteiger partial charge is 0.152 e. The number of hydrogen-bond acceptors (Lipinski definition) is 4. The number of nitrogens with one attached hydrogen (secondary N) is 1. The van der Waals surface area contributed by atoms with Crippen LogP contribution in [0.5, 0.6) is 0 Å². The second-order valence-corrected chi connectivity index (χ2v) is 5.72. The molecule has 100 valence electrons. The first-order valence-corrected chi connectivity index (χ1v) is 7.33. The Kier molecular flexibility index (Phi) is 4.44. The molecule has 0 saturated heterocycles. The van der Waals surface area contributed by atoms with Crippen molar-refractivity contribution in [1.82, 2.24) is 9.78 Å². The van der Waals surface area contributed by atoms with Gasteiger partial charge in [-0.1, -0.05) is 25.2 Å². The van der Waals surface area contributed by atoms with Gasteiger partial charge in [0.05, 0.1) is 5.69 Å². The van der Waals surface area contributed by atoms with Gasteiger partial charge in [-0.3, -0.25) is 4.68 Å². The molecule has 2 aromatic rings. The molecule has 3 N–H and O–H groups in total. The number of aryl methyl sites for hydroxylation is 1. The highest BCUT2D eigenvalue weighted by Crippen LogP contribution is 2.30. The summed E-state index contributed by atoms with van der Waals surface area (Å²) in [5.41, 5.74) is 7.63. The molecule has 0 saturated carbocycles. The first kappa shape index (κ1) is 13.9. The summed E-state index contributed by atoms with van der Waals surface area (Å²) in [4.78, 5) is 1.49. The van der Waals surface area contributed by atoms with Crippen LogP contribution in [-0.2, 0) is 7.05 Å². The molecule has 6 heteroatoms. The predicted molar refractivity (Wildman–Crippen MR) is 85.2 cm³/mol. The van der Waals surface area contributed by atoms with Crippen LogP contribution in [0, 0.1) is 0 Å². The molecule has 1 aromatic heterocycles. The first-order chi connectivity index (χ1) is 9.11. The summed E-state index contributed by atoms with van der Waals surface area (Å²) in [6.45, 7) is 2.10. The Bertz CT molecular complexity index is 592. The van der Waals surface area contributed by atoms with Crippen LogP contribution in [-0.4, -0.2) is 20.5 Å². The van der Waals surface area contributed by atoms with Gasteiger partial charge in [-0.25, -0.2) is 0 Å². The van der Waals surface area contributed by atoms with E-state index in [0.717, 1.165) is 27.7 Å². The Balaban J connectivity index is 2.38. The lowest BCUT2D eigenvalue weighted by molar-refractivity contribution is 0.771. The Morgan fingerprint density at radius 1 is 1.47 bits per heavy atom. The van der Waals surface area contributed by atoms with Gasteiger partial charge >= 0.3 is 0 Å². The maximum absolute atomic E-state index is 5.86. The molecule has 0 spiro atoms. The third kappa shape index (κ3) is 3.27. The fourth-order valence-corrected chi connectivity index (χ4v) is 2.92. The molecule has 1 aromatic carbocycles. The van der Waals surface area contributed by atoms with E-state index >= 15 is 0 Å². The SMILES string of the molecule is CCSc1cccc(Nc2ccn(C)n2)c1C(N)=S. The maximum Gasteiger partial charge on any atom is 0.152 e. The third-order valence-electron chi connectivity index (χ3n) is 2.55. The minimum absolute atomic E-state index is 0.398. The second-order valence-electron chi connectivity index (χ2n) is 3.98. The zero-order valence-electron chi connectivity index (χ0n) is 10.9. The zero-order valence-corrected chi connectivity index (χ0v) is 12.5. The molecule has 4 nitrogen and oxygen atoms in total. The molecular weight excluding hydrogens is 276 g/mol. The number of hydrogen-bond donors (Lipinski definition) is 2. The molecule has 0 fully saturated rings. The van der Waals surface area contributed by atoms with Crippen LogP contribution in [0.4, 0.5) is 11.5 Å². The molecule has 0 aliphatic heterocycles. The molecule has 0 aliphatic carbocycles. The highest BCUT2D eigenvalue weighted by atomic mass is 32.2. The van der Waals surface area contributed by atoms with Crippen molar-refractivity contribution < 1.29 is 0 Å². The molecule has 2 rings (SSSR count). The minimum Gasteiger partial charge on any atom is -0.389 e. The van der Waals surface area contributed by atoms with Crippen LogP contribution in [0.1, 0.15) is 12.5 Å². The summed E-state index contributed by atoms with van der Waals surface area (Å²) in [6.07, 6.45) is 1.88. The molecule has 19 heavy (non-hydrogen) atoms. The number of nitrogens with zero attached hydrogens (tertiary/aromatic N) is 2. The van der Waals surface area contributed by atoms with Crippen LogP contribution in [0.2, 0.25) is 0 Å². The van der Waals surface area contributed by atoms with Gasteiger partial charge < -0.3 is 11.1 Å². The van der Waals surface area contributed by atoms with Crippen molar-refractivity contribution in [3.8, 4) is 0 Å². The molecule has 0 atom stereocenters. The Labute approximate surface area is 122 Å². The summed E-state index contributed by atoms with van der Waals surface area (Å²) < 4.78 is 1.74. The second kappa shape index (κ2) is 6.08. The van der Waals surface area contributed by atoms with Crippen molar-refractivity contribution in [2.24, 2.45) is 12.8 Å². The van der Waals surface area contributed by atoms with Crippen LogP contribution in [0.25, 0.3) is 0 Å². The van der Waals surface area contributed by atoms with Gasteiger partial charge in [-0.2, -0.15) is 5.10 Å². The van der Waals surface area contributed by atoms with E-state index in [0.29, 0.717) is 4.99 Å². The van der Waals surface area contributed by atoms with Crippen molar-refractivity contribution >= 4 is 40.5 Å².